The fraction of sp³-hybridized carbons (Fsp3) is 0.0909. The first kappa shape index (κ1) is 10.7. The summed E-state index contributed by atoms with van der Waals surface area (Å²) in [7, 11) is 1.47. The molecular formula is C11H9ClN2O2. The number of pyridine rings is 1. The average molecular weight is 237 g/mol. The molecule has 0 bridgehead atoms. The summed E-state index contributed by atoms with van der Waals surface area (Å²) in [4.78, 5) is 15.5. The number of nitrogens with two attached hydrogens (primary N) is 1. The average Bonchev–Trinajstić information content (AvgIpc) is 2.27. The molecule has 0 aliphatic carbocycles. The van der Waals surface area contributed by atoms with Crippen LogP contribution in [-0.4, -0.2) is 18.0 Å². The highest BCUT2D eigenvalue weighted by atomic mass is 35.5. The highest BCUT2D eigenvalue weighted by Gasteiger charge is 2.16. The van der Waals surface area contributed by atoms with Crippen molar-refractivity contribution in [1.82, 2.24) is 4.98 Å². The second-order valence-electron chi connectivity index (χ2n) is 3.19. The van der Waals surface area contributed by atoms with Gasteiger partial charge in [-0.2, -0.15) is 0 Å². The van der Waals surface area contributed by atoms with Gasteiger partial charge < -0.3 is 10.5 Å². The smallest absolute Gasteiger partial charge is 0.253 e. The van der Waals surface area contributed by atoms with Crippen molar-refractivity contribution in [3.05, 3.63) is 35.0 Å². The number of amides is 1. The molecule has 0 aliphatic heterocycles. The number of hydrogen-bond donors (Lipinski definition) is 1. The lowest BCUT2D eigenvalue weighted by atomic mass is 10.1. The first-order valence-corrected chi connectivity index (χ1v) is 4.94. The van der Waals surface area contributed by atoms with Crippen LogP contribution in [0.1, 0.15) is 10.4 Å². The Balaban J connectivity index is 2.93. The summed E-state index contributed by atoms with van der Waals surface area (Å²) in [5.74, 6) is -0.188. The van der Waals surface area contributed by atoms with Crippen LogP contribution in [0, 0.1) is 0 Å². The molecule has 16 heavy (non-hydrogen) atoms. The molecule has 0 atom stereocenters. The summed E-state index contributed by atoms with van der Waals surface area (Å²) in [6.07, 6.45) is 1.57. The number of benzene rings is 1. The van der Waals surface area contributed by atoms with E-state index in [1.54, 1.807) is 24.4 Å². The number of carbonyl (C=O) groups is 1. The number of primary amides is 1. The Hall–Kier alpha value is -1.81. The Morgan fingerprint density at radius 1 is 1.44 bits per heavy atom. The zero-order valence-electron chi connectivity index (χ0n) is 8.53. The van der Waals surface area contributed by atoms with Crippen molar-refractivity contribution in [3.8, 4) is 5.75 Å². The van der Waals surface area contributed by atoms with Gasteiger partial charge in [-0.05, 0) is 18.2 Å². The van der Waals surface area contributed by atoms with Gasteiger partial charge in [0.25, 0.3) is 5.91 Å². The maximum absolute atomic E-state index is 11.4. The third-order valence-electron chi connectivity index (χ3n) is 2.28. The molecule has 1 heterocycles. The molecule has 0 radical (unpaired) electrons. The largest absolute Gasteiger partial charge is 0.496 e. The molecule has 2 aromatic rings. The molecule has 0 saturated heterocycles. The van der Waals surface area contributed by atoms with Crippen LogP contribution in [0.3, 0.4) is 0 Å². The third-order valence-corrected chi connectivity index (χ3v) is 2.60. The number of methoxy groups -OCH3 is 1. The summed E-state index contributed by atoms with van der Waals surface area (Å²) in [5, 5.41) is 0.953. The zero-order valence-corrected chi connectivity index (χ0v) is 9.28. The summed E-state index contributed by atoms with van der Waals surface area (Å²) < 4.78 is 5.08. The van der Waals surface area contributed by atoms with Gasteiger partial charge in [0.05, 0.1) is 23.2 Å². The number of aromatic nitrogens is 1. The fourth-order valence-electron chi connectivity index (χ4n) is 1.60. The summed E-state index contributed by atoms with van der Waals surface area (Å²) >= 11 is 6.03. The monoisotopic (exact) mass is 236 g/mol. The minimum Gasteiger partial charge on any atom is -0.496 e. The van der Waals surface area contributed by atoms with Crippen LogP contribution in [0.2, 0.25) is 5.02 Å². The predicted octanol–water partition coefficient (Wildman–Crippen LogP) is 2.00. The normalized spacial score (nSPS) is 10.4. The highest BCUT2D eigenvalue weighted by Crippen LogP contribution is 2.31. The number of nitrogens with zero attached hydrogens (tertiary/aromatic N) is 1. The Morgan fingerprint density at radius 2 is 2.19 bits per heavy atom. The van der Waals surface area contributed by atoms with Gasteiger partial charge in [0, 0.05) is 11.6 Å². The number of fused-ring (bicyclic) bond motifs is 1. The van der Waals surface area contributed by atoms with E-state index >= 15 is 0 Å². The van der Waals surface area contributed by atoms with Crippen molar-refractivity contribution in [2.45, 2.75) is 0 Å². The standard InChI is InChI=1S/C11H9ClN2O2/c1-16-8-3-2-7-9(10(8)11(13)15)6(12)4-5-14-7/h2-5H,1H3,(H2,13,15). The minimum absolute atomic E-state index is 0.262. The number of hydrogen-bond acceptors (Lipinski definition) is 3. The van der Waals surface area contributed by atoms with Crippen molar-refractivity contribution in [2.75, 3.05) is 7.11 Å². The lowest BCUT2D eigenvalue weighted by Gasteiger charge is -2.09. The Labute approximate surface area is 97.0 Å². The van der Waals surface area contributed by atoms with Crippen molar-refractivity contribution in [3.63, 3.8) is 0 Å². The SMILES string of the molecule is COc1ccc2nccc(Cl)c2c1C(N)=O. The van der Waals surface area contributed by atoms with Crippen molar-refractivity contribution in [2.24, 2.45) is 5.73 Å². The number of ether oxygens (including phenoxy) is 1. The van der Waals surface area contributed by atoms with Crippen LogP contribution in [0.15, 0.2) is 24.4 Å². The molecule has 82 valence electrons. The molecule has 0 saturated carbocycles. The molecule has 1 aromatic heterocycles. The highest BCUT2D eigenvalue weighted by molar-refractivity contribution is 6.36. The van der Waals surface area contributed by atoms with Gasteiger partial charge in [0.15, 0.2) is 0 Å². The molecule has 0 spiro atoms. The molecule has 2 N–H and O–H groups in total. The predicted molar refractivity (Wildman–Crippen MR) is 61.8 cm³/mol. The van der Waals surface area contributed by atoms with Crippen LogP contribution in [0.4, 0.5) is 0 Å². The Morgan fingerprint density at radius 3 is 2.81 bits per heavy atom. The van der Waals surface area contributed by atoms with E-state index in [1.165, 1.54) is 7.11 Å². The molecule has 0 aliphatic rings. The second kappa shape index (κ2) is 3.98. The maximum atomic E-state index is 11.4. The molecule has 1 amide bonds. The van der Waals surface area contributed by atoms with Gasteiger partial charge in [-0.15, -0.1) is 0 Å². The minimum atomic E-state index is -0.586. The lowest BCUT2D eigenvalue weighted by Crippen LogP contribution is -2.13. The molecule has 0 fully saturated rings. The van der Waals surface area contributed by atoms with Crippen LogP contribution >= 0.6 is 11.6 Å². The zero-order chi connectivity index (χ0) is 11.7. The second-order valence-corrected chi connectivity index (χ2v) is 3.60. The summed E-state index contributed by atoms with van der Waals surface area (Å²) in [6.45, 7) is 0. The van der Waals surface area contributed by atoms with E-state index in [4.69, 9.17) is 22.1 Å². The van der Waals surface area contributed by atoms with E-state index in [0.717, 1.165) is 0 Å². The molecule has 4 nitrogen and oxygen atoms in total. The van der Waals surface area contributed by atoms with Gasteiger partial charge in [-0.3, -0.25) is 9.78 Å². The van der Waals surface area contributed by atoms with Gasteiger partial charge in [0.1, 0.15) is 5.75 Å². The lowest BCUT2D eigenvalue weighted by molar-refractivity contribution is 0.0999. The van der Waals surface area contributed by atoms with Crippen LogP contribution in [-0.2, 0) is 0 Å². The maximum Gasteiger partial charge on any atom is 0.253 e. The first-order chi connectivity index (χ1) is 7.65. The van der Waals surface area contributed by atoms with E-state index in [9.17, 15) is 4.79 Å². The number of rotatable bonds is 2. The topological polar surface area (TPSA) is 65.2 Å². The van der Waals surface area contributed by atoms with Crippen molar-refractivity contribution < 1.29 is 9.53 Å². The fourth-order valence-corrected chi connectivity index (χ4v) is 1.85. The third kappa shape index (κ3) is 1.57. The van der Waals surface area contributed by atoms with E-state index in [2.05, 4.69) is 4.98 Å². The van der Waals surface area contributed by atoms with E-state index < -0.39 is 5.91 Å². The molecular weight excluding hydrogens is 228 g/mol. The van der Waals surface area contributed by atoms with E-state index in [0.29, 0.717) is 21.7 Å². The van der Waals surface area contributed by atoms with Crippen molar-refractivity contribution in [1.29, 1.82) is 0 Å². The molecule has 2 rings (SSSR count). The molecule has 0 unspecified atom stereocenters. The molecule has 1 aromatic carbocycles. The first-order valence-electron chi connectivity index (χ1n) is 4.56. The van der Waals surface area contributed by atoms with Gasteiger partial charge >= 0.3 is 0 Å². The van der Waals surface area contributed by atoms with Gasteiger partial charge in [0.2, 0.25) is 0 Å². The van der Waals surface area contributed by atoms with Crippen LogP contribution < -0.4 is 10.5 Å². The summed E-state index contributed by atoms with van der Waals surface area (Å²) in [6, 6.07) is 4.98. The van der Waals surface area contributed by atoms with Crippen LogP contribution in [0.5, 0.6) is 5.75 Å². The van der Waals surface area contributed by atoms with E-state index in [-0.39, 0.29) is 5.56 Å². The summed E-state index contributed by atoms with van der Waals surface area (Å²) in [5.41, 5.74) is 6.19. The van der Waals surface area contributed by atoms with Crippen molar-refractivity contribution >= 4 is 28.4 Å². The van der Waals surface area contributed by atoms with Crippen LogP contribution in [0.25, 0.3) is 10.9 Å². The van der Waals surface area contributed by atoms with Gasteiger partial charge in [-0.1, -0.05) is 11.6 Å². The number of carbonyl (C=O) groups excluding carboxylic acids is 1. The Kier molecular flexibility index (Phi) is 2.66. The van der Waals surface area contributed by atoms with Gasteiger partial charge in [-0.25, -0.2) is 0 Å². The quantitative estimate of drug-likeness (QED) is 0.867. The number of halogens is 1. The molecule has 5 heteroatoms. The van der Waals surface area contributed by atoms with E-state index in [1.807, 2.05) is 0 Å². The Bertz CT molecular complexity index is 569.